The van der Waals surface area contributed by atoms with Gasteiger partial charge in [-0.2, -0.15) is 0 Å². The molecule has 0 bridgehead atoms. The van der Waals surface area contributed by atoms with Crippen molar-refractivity contribution in [2.24, 2.45) is 5.41 Å². The van der Waals surface area contributed by atoms with Crippen LogP contribution in [-0.2, 0) is 4.79 Å². The quantitative estimate of drug-likeness (QED) is 0.772. The number of rotatable bonds is 6. The van der Waals surface area contributed by atoms with Crippen molar-refractivity contribution in [1.29, 1.82) is 0 Å². The van der Waals surface area contributed by atoms with Crippen LogP contribution in [0.15, 0.2) is 0 Å². The molecule has 2 fully saturated rings. The van der Waals surface area contributed by atoms with Gasteiger partial charge in [0.25, 0.3) is 0 Å². The second kappa shape index (κ2) is 6.02. The van der Waals surface area contributed by atoms with Gasteiger partial charge >= 0.3 is 0 Å². The maximum absolute atomic E-state index is 11.5. The molecule has 0 unspecified atom stereocenters. The summed E-state index contributed by atoms with van der Waals surface area (Å²) in [6, 6.07) is 0. The maximum Gasteiger partial charge on any atom is 0.222 e. The fourth-order valence-electron chi connectivity index (χ4n) is 3.37. The summed E-state index contributed by atoms with van der Waals surface area (Å²) in [4.78, 5) is 15.8. The van der Waals surface area contributed by atoms with Crippen LogP contribution in [-0.4, -0.2) is 60.6 Å². The molecule has 1 N–H and O–H groups in total. The second-order valence-electron chi connectivity index (χ2n) is 6.09. The Morgan fingerprint density at radius 1 is 1.33 bits per heavy atom. The first-order chi connectivity index (χ1) is 8.65. The smallest absolute Gasteiger partial charge is 0.222 e. The lowest BCUT2D eigenvalue weighted by Gasteiger charge is -2.32. The number of likely N-dealkylation sites (tertiary alicyclic amines) is 1. The number of aliphatic hydroxyl groups excluding tert-OH is 1. The van der Waals surface area contributed by atoms with Crippen molar-refractivity contribution < 1.29 is 9.90 Å². The monoisotopic (exact) mass is 254 g/mol. The van der Waals surface area contributed by atoms with Gasteiger partial charge in [0.05, 0.1) is 0 Å². The number of nitrogens with zero attached hydrogens (tertiary/aromatic N) is 2. The van der Waals surface area contributed by atoms with Crippen molar-refractivity contribution in [3.05, 3.63) is 0 Å². The third kappa shape index (κ3) is 3.23. The predicted molar refractivity (Wildman–Crippen MR) is 71.3 cm³/mol. The zero-order valence-corrected chi connectivity index (χ0v) is 11.5. The molecule has 1 saturated carbocycles. The van der Waals surface area contributed by atoms with Crippen molar-refractivity contribution in [3.8, 4) is 0 Å². The SMILES string of the molecule is CN(CCN1CCCC1=O)CC1(CO)CCCC1. The third-order valence-corrected chi connectivity index (χ3v) is 4.53. The number of aliphatic hydroxyl groups is 1. The summed E-state index contributed by atoms with van der Waals surface area (Å²) in [5.74, 6) is 0.307. The Balaban J connectivity index is 1.74. The summed E-state index contributed by atoms with van der Waals surface area (Å²) >= 11 is 0. The van der Waals surface area contributed by atoms with Crippen LogP contribution in [0.25, 0.3) is 0 Å². The highest BCUT2D eigenvalue weighted by atomic mass is 16.3. The van der Waals surface area contributed by atoms with Gasteiger partial charge in [0.15, 0.2) is 0 Å². The van der Waals surface area contributed by atoms with Crippen LogP contribution < -0.4 is 0 Å². The summed E-state index contributed by atoms with van der Waals surface area (Å²) in [5, 5.41) is 9.60. The lowest BCUT2D eigenvalue weighted by molar-refractivity contribution is -0.127. The Morgan fingerprint density at radius 3 is 2.61 bits per heavy atom. The van der Waals surface area contributed by atoms with Gasteiger partial charge < -0.3 is 14.9 Å². The highest BCUT2D eigenvalue weighted by molar-refractivity contribution is 5.78. The van der Waals surface area contributed by atoms with Crippen molar-refractivity contribution in [2.75, 3.05) is 39.8 Å². The highest BCUT2D eigenvalue weighted by Crippen LogP contribution is 2.38. The van der Waals surface area contributed by atoms with Crippen molar-refractivity contribution in [2.45, 2.75) is 38.5 Å². The first-order valence-electron chi connectivity index (χ1n) is 7.22. The molecule has 1 aliphatic heterocycles. The Hall–Kier alpha value is -0.610. The molecule has 4 heteroatoms. The molecule has 0 spiro atoms. The van der Waals surface area contributed by atoms with Crippen LogP contribution >= 0.6 is 0 Å². The fraction of sp³-hybridized carbons (Fsp3) is 0.929. The van der Waals surface area contributed by atoms with Crippen LogP contribution in [0.5, 0.6) is 0 Å². The molecule has 104 valence electrons. The molecule has 4 nitrogen and oxygen atoms in total. The Morgan fingerprint density at radius 2 is 2.06 bits per heavy atom. The molecule has 1 saturated heterocycles. The van der Waals surface area contributed by atoms with E-state index in [9.17, 15) is 9.90 Å². The minimum absolute atomic E-state index is 0.129. The average Bonchev–Trinajstić information content (AvgIpc) is 2.97. The van der Waals surface area contributed by atoms with Gasteiger partial charge in [0, 0.05) is 44.6 Å². The average molecular weight is 254 g/mol. The predicted octanol–water partition coefficient (Wildman–Crippen LogP) is 1.09. The highest BCUT2D eigenvalue weighted by Gasteiger charge is 2.34. The van der Waals surface area contributed by atoms with E-state index >= 15 is 0 Å². The van der Waals surface area contributed by atoms with Gasteiger partial charge in [-0.15, -0.1) is 0 Å². The fourth-order valence-corrected chi connectivity index (χ4v) is 3.37. The van der Waals surface area contributed by atoms with Crippen molar-refractivity contribution in [3.63, 3.8) is 0 Å². The summed E-state index contributed by atoms with van der Waals surface area (Å²) in [7, 11) is 2.11. The summed E-state index contributed by atoms with van der Waals surface area (Å²) < 4.78 is 0. The first-order valence-corrected chi connectivity index (χ1v) is 7.22. The lowest BCUT2D eigenvalue weighted by Crippen LogP contribution is -2.40. The van der Waals surface area contributed by atoms with Gasteiger partial charge in [-0.1, -0.05) is 12.8 Å². The molecule has 2 rings (SSSR count). The number of hydrogen-bond donors (Lipinski definition) is 1. The van der Waals surface area contributed by atoms with E-state index in [-0.39, 0.29) is 5.41 Å². The summed E-state index contributed by atoms with van der Waals surface area (Å²) in [6.45, 7) is 3.97. The number of hydrogen-bond acceptors (Lipinski definition) is 3. The van der Waals surface area contributed by atoms with Crippen LogP contribution in [0.3, 0.4) is 0 Å². The zero-order valence-electron chi connectivity index (χ0n) is 11.5. The molecule has 0 atom stereocenters. The molecule has 0 radical (unpaired) electrons. The zero-order chi connectivity index (χ0) is 13.0. The van der Waals surface area contributed by atoms with Gasteiger partial charge in [-0.05, 0) is 26.3 Å². The summed E-state index contributed by atoms with van der Waals surface area (Å²) in [5.41, 5.74) is 0.129. The van der Waals surface area contributed by atoms with E-state index in [0.717, 1.165) is 51.9 Å². The van der Waals surface area contributed by atoms with E-state index in [1.54, 1.807) is 0 Å². The van der Waals surface area contributed by atoms with E-state index in [2.05, 4.69) is 11.9 Å². The van der Waals surface area contributed by atoms with Crippen LogP contribution in [0.4, 0.5) is 0 Å². The molecule has 1 aliphatic carbocycles. The van der Waals surface area contributed by atoms with Gasteiger partial charge in [0.1, 0.15) is 0 Å². The minimum Gasteiger partial charge on any atom is -0.396 e. The van der Waals surface area contributed by atoms with Gasteiger partial charge in [-0.3, -0.25) is 4.79 Å². The van der Waals surface area contributed by atoms with E-state index in [0.29, 0.717) is 12.5 Å². The normalized spacial score (nSPS) is 23.3. The number of carbonyl (C=O) groups is 1. The minimum atomic E-state index is 0.129. The van der Waals surface area contributed by atoms with E-state index in [1.165, 1.54) is 12.8 Å². The molecular formula is C14H26N2O2. The third-order valence-electron chi connectivity index (χ3n) is 4.53. The summed E-state index contributed by atoms with van der Waals surface area (Å²) in [6.07, 6.45) is 6.54. The molecule has 0 aromatic heterocycles. The Labute approximate surface area is 110 Å². The molecular weight excluding hydrogens is 228 g/mol. The van der Waals surface area contributed by atoms with E-state index in [1.807, 2.05) is 4.90 Å². The molecule has 1 amide bonds. The van der Waals surface area contributed by atoms with Crippen molar-refractivity contribution >= 4 is 5.91 Å². The first kappa shape index (κ1) is 13.8. The van der Waals surface area contributed by atoms with Gasteiger partial charge in [0.2, 0.25) is 5.91 Å². The topological polar surface area (TPSA) is 43.8 Å². The van der Waals surface area contributed by atoms with E-state index in [4.69, 9.17) is 0 Å². The molecule has 0 aromatic carbocycles. The van der Waals surface area contributed by atoms with Crippen LogP contribution in [0.1, 0.15) is 38.5 Å². The number of carbonyl (C=O) groups excluding carboxylic acids is 1. The Bertz CT molecular complexity index is 288. The van der Waals surface area contributed by atoms with Crippen molar-refractivity contribution in [1.82, 2.24) is 9.80 Å². The largest absolute Gasteiger partial charge is 0.396 e. The molecule has 2 aliphatic rings. The van der Waals surface area contributed by atoms with Gasteiger partial charge in [-0.25, -0.2) is 0 Å². The van der Waals surface area contributed by atoms with E-state index < -0.39 is 0 Å². The standard InChI is InChI=1S/C14H26N2O2/c1-15(9-10-16-8-4-5-13(16)18)11-14(12-17)6-2-3-7-14/h17H,2-12H2,1H3. The number of amides is 1. The second-order valence-corrected chi connectivity index (χ2v) is 6.09. The van der Waals surface area contributed by atoms with Crippen LogP contribution in [0, 0.1) is 5.41 Å². The molecule has 1 heterocycles. The molecule has 18 heavy (non-hydrogen) atoms. The lowest BCUT2D eigenvalue weighted by atomic mass is 9.87. The maximum atomic E-state index is 11.5. The molecule has 0 aromatic rings. The van der Waals surface area contributed by atoms with Crippen LogP contribution in [0.2, 0.25) is 0 Å². The Kier molecular flexibility index (Phi) is 4.62. The number of likely N-dealkylation sites (N-methyl/N-ethyl adjacent to an activating group) is 1.